The number of aliphatic carboxylic acids is 2. The molecule has 1 aliphatic heterocycles. The molecular weight excluding hydrogens is 690 g/mol. The fourth-order valence-electron chi connectivity index (χ4n) is 5.36. The fourth-order valence-corrected chi connectivity index (χ4v) is 5.62. The van der Waals surface area contributed by atoms with Crippen molar-refractivity contribution in [3.63, 3.8) is 0 Å². The van der Waals surface area contributed by atoms with Gasteiger partial charge in [-0.2, -0.15) is 12.6 Å². The number of nitrogens with zero attached hydrogens (tertiary/aromatic N) is 3. The molecule has 0 bridgehead atoms. The largest absolute Gasteiger partial charge is 0.481 e. The molecule has 0 saturated carbocycles. The Morgan fingerprint density at radius 2 is 1.59 bits per heavy atom. The Balaban J connectivity index is 2.30. The highest BCUT2D eigenvalue weighted by molar-refractivity contribution is 7.80. The zero-order valence-corrected chi connectivity index (χ0v) is 29.4. The highest BCUT2D eigenvalue weighted by Crippen LogP contribution is 2.20. The van der Waals surface area contributed by atoms with Crippen molar-refractivity contribution in [3.05, 3.63) is 18.2 Å². The average Bonchev–Trinajstić information content (AvgIpc) is 3.76. The van der Waals surface area contributed by atoms with Gasteiger partial charge < -0.3 is 58.6 Å². The second-order valence-corrected chi connectivity index (χ2v) is 12.9. The van der Waals surface area contributed by atoms with Crippen LogP contribution in [0.4, 0.5) is 0 Å². The third kappa shape index (κ3) is 14.1. The molecule has 51 heavy (non-hydrogen) atoms. The molecule has 20 nitrogen and oxygen atoms in total. The lowest BCUT2D eigenvalue weighted by atomic mass is 10.0. The van der Waals surface area contributed by atoms with Crippen LogP contribution in [0.1, 0.15) is 58.1 Å². The molecule has 1 fully saturated rings. The van der Waals surface area contributed by atoms with Gasteiger partial charge in [0, 0.05) is 37.2 Å². The maximum absolute atomic E-state index is 13.6. The minimum absolute atomic E-state index is 0.0475. The molecule has 2 rings (SSSR count). The number of aliphatic imine (C=N–C) groups is 1. The van der Waals surface area contributed by atoms with Crippen molar-refractivity contribution in [2.75, 3.05) is 18.8 Å². The predicted octanol–water partition coefficient (Wildman–Crippen LogP) is -3.20. The highest BCUT2D eigenvalue weighted by Gasteiger charge is 2.39. The molecule has 0 unspecified atom stereocenters. The normalized spacial score (nSPS) is 17.0. The number of carboxylic acid groups (broad SMARTS) is 2. The van der Waals surface area contributed by atoms with Crippen LogP contribution in [0.5, 0.6) is 0 Å². The van der Waals surface area contributed by atoms with E-state index in [-0.39, 0.29) is 56.4 Å². The molecule has 13 N–H and O–H groups in total. The second-order valence-electron chi connectivity index (χ2n) is 12.5. The lowest BCUT2D eigenvalue weighted by Gasteiger charge is -2.29. The first-order valence-electron chi connectivity index (χ1n) is 16.4. The molecule has 0 aromatic carbocycles. The number of rotatable bonds is 21. The van der Waals surface area contributed by atoms with Crippen LogP contribution in [0.25, 0.3) is 0 Å². The van der Waals surface area contributed by atoms with E-state index < -0.39 is 84.1 Å². The minimum Gasteiger partial charge on any atom is -0.481 e. The summed E-state index contributed by atoms with van der Waals surface area (Å²) < 4.78 is 0. The molecule has 284 valence electrons. The van der Waals surface area contributed by atoms with Gasteiger partial charge in [-0.25, -0.2) is 9.78 Å². The number of carbonyl (C=O) groups is 7. The number of amides is 5. The lowest BCUT2D eigenvalue weighted by molar-refractivity contribution is -0.149. The van der Waals surface area contributed by atoms with E-state index >= 15 is 0 Å². The number of carbonyl (C=O) groups excluding carboxylic acids is 5. The van der Waals surface area contributed by atoms with E-state index in [1.165, 1.54) is 12.5 Å². The number of guanidine groups is 1. The van der Waals surface area contributed by atoms with E-state index in [0.717, 1.165) is 4.90 Å². The summed E-state index contributed by atoms with van der Waals surface area (Å²) in [5, 5.41) is 29.1. The number of nitrogens with one attached hydrogen (secondary N) is 5. The van der Waals surface area contributed by atoms with Crippen LogP contribution in [-0.2, 0) is 40.0 Å². The van der Waals surface area contributed by atoms with Gasteiger partial charge in [0.05, 0.1) is 18.8 Å². The molecule has 2 heterocycles. The van der Waals surface area contributed by atoms with E-state index in [2.05, 4.69) is 48.9 Å². The molecule has 21 heteroatoms. The van der Waals surface area contributed by atoms with Crippen molar-refractivity contribution in [2.24, 2.45) is 28.1 Å². The predicted molar refractivity (Wildman–Crippen MR) is 186 cm³/mol. The van der Waals surface area contributed by atoms with Crippen LogP contribution < -0.4 is 38.5 Å². The second kappa shape index (κ2) is 20.7. The van der Waals surface area contributed by atoms with Crippen LogP contribution in [0.3, 0.4) is 0 Å². The number of nitrogens with two attached hydrogens (primary N) is 3. The Labute approximate surface area is 299 Å². The van der Waals surface area contributed by atoms with Gasteiger partial charge in [-0.05, 0) is 38.0 Å². The van der Waals surface area contributed by atoms with Gasteiger partial charge in [-0.3, -0.25) is 33.8 Å². The summed E-state index contributed by atoms with van der Waals surface area (Å²) in [5.41, 5.74) is 17.1. The summed E-state index contributed by atoms with van der Waals surface area (Å²) in [6.07, 6.45) is 2.73. The minimum atomic E-state index is -1.74. The van der Waals surface area contributed by atoms with Gasteiger partial charge in [0.1, 0.15) is 30.2 Å². The smallest absolute Gasteiger partial charge is 0.326 e. The standard InChI is InChI=1S/C30H49N11O9S/c1-15(2)9-17(31)24(44)40-21(13-51)27(47)38-19(10-16-12-34-14-36-16)25(45)39-20(11-23(42)43)26(46)37-18(5-3-7-35-30(32)33)28(48)41-8-4-6-22(41)29(49)50/h12,14-15,17-22,51H,3-11,13,31H2,1-2H3,(H,34,36)(H,37,46)(H,38,47)(H,39,45)(H,40,44)(H,42,43)(H,49,50)(H4,32,33,35)/t17-,18-,19-,20-,21-,22-/m0/s1. The number of aromatic amines is 1. The van der Waals surface area contributed by atoms with Crippen LogP contribution in [0, 0.1) is 5.92 Å². The number of hydrogen-bond donors (Lipinski definition) is 11. The van der Waals surface area contributed by atoms with E-state index in [1.54, 1.807) is 0 Å². The van der Waals surface area contributed by atoms with Gasteiger partial charge in [-0.15, -0.1) is 0 Å². The van der Waals surface area contributed by atoms with Crippen molar-refractivity contribution in [1.29, 1.82) is 0 Å². The molecular formula is C30H49N11O9S. The van der Waals surface area contributed by atoms with Crippen LogP contribution in [-0.4, -0.2) is 128 Å². The number of likely N-dealkylation sites (tertiary alicyclic amines) is 1. The summed E-state index contributed by atoms with van der Waals surface area (Å²) in [5.74, 6) is -7.09. The lowest BCUT2D eigenvalue weighted by Crippen LogP contribution is -2.60. The van der Waals surface area contributed by atoms with Crippen molar-refractivity contribution < 1.29 is 43.8 Å². The third-order valence-electron chi connectivity index (χ3n) is 7.88. The molecule has 1 saturated heterocycles. The van der Waals surface area contributed by atoms with Crippen LogP contribution in [0.2, 0.25) is 0 Å². The first kappa shape index (κ1) is 42.2. The summed E-state index contributed by atoms with van der Waals surface area (Å²) >= 11 is 4.15. The van der Waals surface area contributed by atoms with Gasteiger partial charge in [0.25, 0.3) is 0 Å². The van der Waals surface area contributed by atoms with E-state index in [4.69, 9.17) is 17.2 Å². The average molecular weight is 740 g/mol. The molecule has 0 spiro atoms. The first-order valence-corrected chi connectivity index (χ1v) is 17.0. The topological polar surface area (TPSA) is 330 Å². The molecule has 1 aliphatic rings. The quantitative estimate of drug-likeness (QED) is 0.0256. The van der Waals surface area contributed by atoms with E-state index in [0.29, 0.717) is 18.5 Å². The molecule has 6 atom stereocenters. The summed E-state index contributed by atoms with van der Waals surface area (Å²) in [7, 11) is 0. The van der Waals surface area contributed by atoms with Crippen molar-refractivity contribution in [1.82, 2.24) is 36.1 Å². The Bertz CT molecular complexity index is 1410. The molecule has 1 aromatic rings. The van der Waals surface area contributed by atoms with Gasteiger partial charge in [0.15, 0.2) is 5.96 Å². The highest BCUT2D eigenvalue weighted by atomic mass is 32.1. The molecule has 1 aromatic heterocycles. The maximum Gasteiger partial charge on any atom is 0.326 e. The van der Waals surface area contributed by atoms with E-state index in [1.807, 2.05) is 13.8 Å². The Morgan fingerprint density at radius 1 is 0.980 bits per heavy atom. The third-order valence-corrected chi connectivity index (χ3v) is 8.25. The number of thiol groups is 1. The van der Waals surface area contributed by atoms with Crippen molar-refractivity contribution >= 4 is 60.1 Å². The van der Waals surface area contributed by atoms with Crippen LogP contribution >= 0.6 is 12.6 Å². The number of aromatic nitrogens is 2. The maximum atomic E-state index is 13.6. The molecule has 0 radical (unpaired) electrons. The zero-order chi connectivity index (χ0) is 38.2. The Morgan fingerprint density at radius 3 is 2.16 bits per heavy atom. The Hall–Kier alpha value is -4.92. The summed E-state index contributed by atoms with van der Waals surface area (Å²) in [4.78, 5) is 102. The van der Waals surface area contributed by atoms with Crippen LogP contribution in [0.15, 0.2) is 17.5 Å². The molecule has 0 aliphatic carbocycles. The SMILES string of the molecule is CC(C)C[C@H](N)C(=O)N[C@@H](CS)C(=O)N[C@@H](Cc1cnc[nH]1)C(=O)N[C@@H](CC(=O)O)C(=O)N[C@@H](CCCN=C(N)N)C(=O)N1CCC[C@H]1C(=O)O. The summed E-state index contributed by atoms with van der Waals surface area (Å²) in [6, 6.07) is -7.70. The number of H-pyrrole nitrogens is 1. The van der Waals surface area contributed by atoms with Gasteiger partial charge in [0.2, 0.25) is 29.5 Å². The van der Waals surface area contributed by atoms with Gasteiger partial charge in [-0.1, -0.05) is 13.8 Å². The van der Waals surface area contributed by atoms with E-state index in [9.17, 15) is 43.8 Å². The van der Waals surface area contributed by atoms with Crippen molar-refractivity contribution in [3.8, 4) is 0 Å². The number of imidazole rings is 1. The summed E-state index contributed by atoms with van der Waals surface area (Å²) in [6.45, 7) is 3.95. The Kier molecular flexibility index (Phi) is 17.1. The first-order chi connectivity index (χ1) is 24.0. The van der Waals surface area contributed by atoms with Gasteiger partial charge >= 0.3 is 11.9 Å². The monoisotopic (exact) mass is 739 g/mol. The number of hydrogen-bond acceptors (Lipinski definition) is 11. The molecule has 5 amide bonds. The zero-order valence-electron chi connectivity index (χ0n) is 28.5. The fraction of sp³-hybridized carbons (Fsp3) is 0.633. The van der Waals surface area contributed by atoms with Crippen molar-refractivity contribution in [2.45, 2.75) is 95.0 Å². The number of carboxylic acids is 2.